The molecule has 0 saturated carbocycles. The monoisotopic (exact) mass is 422 g/mol. The molecule has 0 spiro atoms. The molecule has 0 unspecified atom stereocenters. The van der Waals surface area contributed by atoms with Crippen LogP contribution in [0.4, 0.5) is 16.0 Å². The molecule has 2 aromatic rings. The van der Waals surface area contributed by atoms with Crippen LogP contribution >= 0.6 is 11.3 Å². The van der Waals surface area contributed by atoms with Crippen LogP contribution in [0.25, 0.3) is 0 Å². The SMILES string of the molecule is COc1c(NCC(C)(C)O)cc(C(=O)Nc2nnc(N/C(C)=C\C=N)s2)oc1=O. The molecule has 29 heavy (non-hydrogen) atoms. The number of aliphatic hydroxyl groups is 1. The Bertz CT molecular complexity index is 975. The number of methoxy groups -OCH3 is 1. The number of anilines is 3. The second-order valence-corrected chi connectivity index (χ2v) is 7.50. The summed E-state index contributed by atoms with van der Waals surface area (Å²) in [6.45, 7) is 5.04. The molecule has 0 aliphatic rings. The Hall–Kier alpha value is -3.25. The fraction of sp³-hybridized carbons (Fsp3) is 0.353. The van der Waals surface area contributed by atoms with Crippen molar-refractivity contribution in [3.8, 4) is 5.75 Å². The Balaban J connectivity index is 2.19. The fourth-order valence-corrected chi connectivity index (χ4v) is 2.75. The van der Waals surface area contributed by atoms with Gasteiger partial charge in [-0.2, -0.15) is 0 Å². The van der Waals surface area contributed by atoms with Crippen molar-refractivity contribution in [2.75, 3.05) is 29.6 Å². The number of nitrogens with zero attached hydrogens (tertiary/aromatic N) is 2. The number of allylic oxidation sites excluding steroid dienone is 2. The molecule has 5 N–H and O–H groups in total. The summed E-state index contributed by atoms with van der Waals surface area (Å²) in [4.78, 5) is 24.6. The van der Waals surface area contributed by atoms with E-state index in [1.165, 1.54) is 19.3 Å². The molecule has 0 radical (unpaired) electrons. The number of amides is 1. The highest BCUT2D eigenvalue weighted by atomic mass is 32.1. The van der Waals surface area contributed by atoms with Crippen LogP contribution in [-0.4, -0.2) is 46.7 Å². The van der Waals surface area contributed by atoms with Gasteiger partial charge in [0.25, 0.3) is 5.91 Å². The molecule has 2 heterocycles. The average Bonchev–Trinajstić information content (AvgIpc) is 3.05. The maximum absolute atomic E-state index is 12.5. The van der Waals surface area contributed by atoms with Gasteiger partial charge in [0.05, 0.1) is 18.4 Å². The maximum atomic E-state index is 12.5. The minimum atomic E-state index is -1.05. The van der Waals surface area contributed by atoms with Crippen molar-refractivity contribution in [1.82, 2.24) is 10.2 Å². The van der Waals surface area contributed by atoms with E-state index < -0.39 is 17.1 Å². The van der Waals surface area contributed by atoms with Crippen molar-refractivity contribution in [1.29, 1.82) is 5.41 Å². The molecule has 2 rings (SSSR count). The highest BCUT2D eigenvalue weighted by Crippen LogP contribution is 2.24. The van der Waals surface area contributed by atoms with E-state index in [0.717, 1.165) is 17.6 Å². The summed E-state index contributed by atoms with van der Waals surface area (Å²) in [5.41, 5.74) is -1.00. The molecule has 12 heteroatoms. The minimum absolute atomic E-state index is 0.110. The van der Waals surface area contributed by atoms with E-state index in [1.807, 2.05) is 0 Å². The van der Waals surface area contributed by atoms with Crippen LogP contribution in [-0.2, 0) is 0 Å². The van der Waals surface area contributed by atoms with Gasteiger partial charge in [0.15, 0.2) is 5.76 Å². The van der Waals surface area contributed by atoms with E-state index in [1.54, 1.807) is 20.8 Å². The lowest BCUT2D eigenvalue weighted by Crippen LogP contribution is -2.30. The normalized spacial score (nSPS) is 11.7. The molecule has 0 fully saturated rings. The van der Waals surface area contributed by atoms with Crippen molar-refractivity contribution in [3.05, 3.63) is 34.0 Å². The lowest BCUT2D eigenvalue weighted by molar-refractivity contribution is 0.0944. The molecule has 11 nitrogen and oxygen atoms in total. The first-order chi connectivity index (χ1) is 13.6. The van der Waals surface area contributed by atoms with Crippen LogP contribution in [0.1, 0.15) is 31.3 Å². The largest absolute Gasteiger partial charge is 0.488 e. The van der Waals surface area contributed by atoms with Gasteiger partial charge in [0.1, 0.15) is 0 Å². The zero-order valence-electron chi connectivity index (χ0n) is 16.3. The van der Waals surface area contributed by atoms with Gasteiger partial charge in [-0.3, -0.25) is 10.1 Å². The number of hydrogen-bond donors (Lipinski definition) is 5. The van der Waals surface area contributed by atoms with Gasteiger partial charge in [-0.05, 0) is 26.8 Å². The molecule has 2 aromatic heterocycles. The van der Waals surface area contributed by atoms with Gasteiger partial charge in [0, 0.05) is 24.5 Å². The van der Waals surface area contributed by atoms with E-state index >= 15 is 0 Å². The third-order valence-electron chi connectivity index (χ3n) is 3.33. The Morgan fingerprint density at radius 1 is 1.38 bits per heavy atom. The Morgan fingerprint density at radius 2 is 2.03 bits per heavy atom. The van der Waals surface area contributed by atoms with Crippen LogP contribution in [0.3, 0.4) is 0 Å². The van der Waals surface area contributed by atoms with E-state index in [4.69, 9.17) is 14.6 Å². The first-order valence-electron chi connectivity index (χ1n) is 8.40. The van der Waals surface area contributed by atoms with Crippen molar-refractivity contribution >= 4 is 39.4 Å². The smallest absolute Gasteiger partial charge is 0.381 e. The number of aromatic nitrogens is 2. The fourth-order valence-electron chi connectivity index (χ4n) is 2.05. The van der Waals surface area contributed by atoms with E-state index in [-0.39, 0.29) is 28.9 Å². The Labute approximate surface area is 170 Å². The molecule has 0 atom stereocenters. The zero-order chi connectivity index (χ0) is 21.6. The molecule has 0 aromatic carbocycles. The van der Waals surface area contributed by atoms with E-state index in [9.17, 15) is 14.7 Å². The predicted molar refractivity (Wildman–Crippen MR) is 110 cm³/mol. The number of carbonyl (C=O) groups excluding carboxylic acids is 1. The second-order valence-electron chi connectivity index (χ2n) is 6.52. The summed E-state index contributed by atoms with van der Waals surface area (Å²) in [5.74, 6) is -1.08. The highest BCUT2D eigenvalue weighted by Gasteiger charge is 2.20. The number of carbonyl (C=O) groups is 1. The summed E-state index contributed by atoms with van der Waals surface area (Å²) >= 11 is 1.07. The molecule has 0 saturated heterocycles. The first-order valence-corrected chi connectivity index (χ1v) is 9.22. The minimum Gasteiger partial charge on any atom is -0.488 e. The van der Waals surface area contributed by atoms with Crippen LogP contribution in [0.5, 0.6) is 5.75 Å². The van der Waals surface area contributed by atoms with Crippen LogP contribution < -0.4 is 26.3 Å². The first kappa shape index (κ1) is 22.0. The number of ether oxygens (including phenoxy) is 1. The molecule has 1 amide bonds. The number of rotatable bonds is 9. The van der Waals surface area contributed by atoms with Crippen molar-refractivity contribution in [2.45, 2.75) is 26.4 Å². The molecule has 0 aliphatic heterocycles. The lowest BCUT2D eigenvalue weighted by atomic mass is 10.1. The van der Waals surface area contributed by atoms with Crippen LogP contribution in [0, 0.1) is 5.41 Å². The van der Waals surface area contributed by atoms with Crippen LogP contribution in [0.2, 0.25) is 0 Å². The molecule has 0 bridgehead atoms. The number of hydrogen-bond acceptors (Lipinski definition) is 11. The Morgan fingerprint density at radius 3 is 2.62 bits per heavy atom. The highest BCUT2D eigenvalue weighted by molar-refractivity contribution is 7.19. The summed E-state index contributed by atoms with van der Waals surface area (Å²) in [6.07, 6.45) is 2.66. The third kappa shape index (κ3) is 6.40. The standard InChI is InChI=1S/C17H22N6O5S/c1-9(5-6-18)20-15-22-23-16(29-15)21-13(24)11-7-10(19-8-17(2,3)26)12(27-4)14(25)28-11/h5-7,18-19,26H,8H2,1-4H3,(H,20,22)(H,21,23,24)/b9-5-,18-6?. The lowest BCUT2D eigenvalue weighted by Gasteiger charge is -2.19. The summed E-state index contributed by atoms with van der Waals surface area (Å²) in [6, 6.07) is 1.30. The van der Waals surface area contributed by atoms with Gasteiger partial charge in [-0.15, -0.1) is 10.2 Å². The van der Waals surface area contributed by atoms with Crippen molar-refractivity contribution in [2.24, 2.45) is 0 Å². The topological polar surface area (TPSA) is 162 Å². The molecule has 0 aliphatic carbocycles. The molecular weight excluding hydrogens is 400 g/mol. The van der Waals surface area contributed by atoms with Gasteiger partial charge in [0.2, 0.25) is 16.0 Å². The summed E-state index contributed by atoms with van der Waals surface area (Å²) in [5, 5.41) is 33.5. The predicted octanol–water partition coefficient (Wildman–Crippen LogP) is 1.90. The van der Waals surface area contributed by atoms with Gasteiger partial charge in [-0.1, -0.05) is 11.3 Å². The number of nitrogens with one attached hydrogen (secondary N) is 4. The molecule has 156 valence electrons. The second kappa shape index (κ2) is 9.30. The van der Waals surface area contributed by atoms with E-state index in [0.29, 0.717) is 10.8 Å². The third-order valence-corrected chi connectivity index (χ3v) is 4.08. The van der Waals surface area contributed by atoms with Gasteiger partial charge >= 0.3 is 5.63 Å². The van der Waals surface area contributed by atoms with Crippen molar-refractivity contribution < 1.29 is 19.1 Å². The zero-order valence-corrected chi connectivity index (χ0v) is 17.1. The summed E-state index contributed by atoms with van der Waals surface area (Å²) in [7, 11) is 1.30. The summed E-state index contributed by atoms with van der Waals surface area (Å²) < 4.78 is 10.0. The Kier molecular flexibility index (Phi) is 7.07. The van der Waals surface area contributed by atoms with Gasteiger partial charge < -0.3 is 30.3 Å². The quantitative estimate of drug-likeness (QED) is 0.380. The van der Waals surface area contributed by atoms with E-state index in [2.05, 4.69) is 26.1 Å². The average molecular weight is 422 g/mol. The van der Waals surface area contributed by atoms with Gasteiger partial charge in [-0.25, -0.2) is 4.79 Å². The van der Waals surface area contributed by atoms with Crippen molar-refractivity contribution in [3.63, 3.8) is 0 Å². The maximum Gasteiger partial charge on any atom is 0.381 e. The van der Waals surface area contributed by atoms with Crippen LogP contribution in [0.15, 0.2) is 27.1 Å². The molecular formula is C17H22N6O5S.